The molecule has 0 fully saturated rings. The number of hydrogen-bond acceptors (Lipinski definition) is 3. The molecule has 0 aliphatic carbocycles. The molecular weight excluding hydrogens is 339 g/mol. The fourth-order valence-corrected chi connectivity index (χ4v) is 2.54. The summed E-state index contributed by atoms with van der Waals surface area (Å²) < 4.78 is 18.8. The molecule has 3 aromatic rings. The standard InChI is InChI=1S/C20H18ClFN2O/c21-20-12-17(22)10-9-16(20)14-25-19-8-4-5-15(11-19)13-23-24-18-6-2-1-3-7-18/h1-12,23-24H,13-14H2. The van der Waals surface area contributed by atoms with Crippen LogP contribution in [-0.4, -0.2) is 0 Å². The SMILES string of the molecule is Fc1ccc(COc2cccc(CNNc3ccccc3)c2)c(Cl)c1. The molecular formula is C20H18ClFN2O. The van der Waals surface area contributed by atoms with E-state index in [0.717, 1.165) is 22.6 Å². The molecule has 0 spiro atoms. The summed E-state index contributed by atoms with van der Waals surface area (Å²) in [6, 6.07) is 22.0. The number of benzene rings is 3. The largest absolute Gasteiger partial charge is 0.489 e. The number of nitrogens with one attached hydrogen (secondary N) is 2. The summed E-state index contributed by atoms with van der Waals surface area (Å²) in [5.41, 5.74) is 9.13. The molecule has 3 aromatic carbocycles. The van der Waals surface area contributed by atoms with Gasteiger partial charge in [0.2, 0.25) is 0 Å². The number of anilines is 1. The van der Waals surface area contributed by atoms with E-state index in [-0.39, 0.29) is 12.4 Å². The minimum atomic E-state index is -0.354. The lowest BCUT2D eigenvalue weighted by Gasteiger charge is -2.11. The normalized spacial score (nSPS) is 10.5. The van der Waals surface area contributed by atoms with Gasteiger partial charge in [0.05, 0.1) is 5.02 Å². The van der Waals surface area contributed by atoms with Crippen LogP contribution in [0.15, 0.2) is 72.8 Å². The van der Waals surface area contributed by atoms with Crippen LogP contribution >= 0.6 is 11.6 Å². The lowest BCUT2D eigenvalue weighted by Crippen LogP contribution is -2.20. The number of ether oxygens (including phenoxy) is 1. The van der Waals surface area contributed by atoms with E-state index in [0.29, 0.717) is 11.6 Å². The van der Waals surface area contributed by atoms with Crippen molar-refractivity contribution in [2.75, 3.05) is 5.43 Å². The molecule has 0 atom stereocenters. The molecule has 0 saturated carbocycles. The third-order valence-corrected chi connectivity index (χ3v) is 3.96. The maximum Gasteiger partial charge on any atom is 0.124 e. The summed E-state index contributed by atoms with van der Waals surface area (Å²) in [4.78, 5) is 0. The molecule has 0 aliphatic rings. The minimum Gasteiger partial charge on any atom is -0.489 e. The first kappa shape index (κ1) is 17.3. The fraction of sp³-hybridized carbons (Fsp3) is 0.100. The maximum absolute atomic E-state index is 13.1. The van der Waals surface area contributed by atoms with E-state index >= 15 is 0 Å². The van der Waals surface area contributed by atoms with E-state index in [9.17, 15) is 4.39 Å². The Morgan fingerprint density at radius 1 is 0.920 bits per heavy atom. The average molecular weight is 357 g/mol. The fourth-order valence-electron chi connectivity index (χ4n) is 2.31. The Balaban J connectivity index is 1.54. The van der Waals surface area contributed by atoms with Crippen LogP contribution in [0.4, 0.5) is 10.1 Å². The van der Waals surface area contributed by atoms with Crippen molar-refractivity contribution in [1.82, 2.24) is 5.43 Å². The summed E-state index contributed by atoms with van der Waals surface area (Å²) in [6.07, 6.45) is 0. The highest BCUT2D eigenvalue weighted by Gasteiger charge is 2.04. The first-order valence-corrected chi connectivity index (χ1v) is 8.28. The van der Waals surface area contributed by atoms with E-state index in [2.05, 4.69) is 10.9 Å². The Kier molecular flexibility index (Phi) is 5.88. The van der Waals surface area contributed by atoms with Crippen molar-refractivity contribution in [3.8, 4) is 5.75 Å². The molecule has 5 heteroatoms. The van der Waals surface area contributed by atoms with E-state index in [1.54, 1.807) is 6.07 Å². The van der Waals surface area contributed by atoms with Crippen LogP contribution in [0.25, 0.3) is 0 Å². The van der Waals surface area contributed by atoms with Crippen LogP contribution in [0.2, 0.25) is 5.02 Å². The highest BCUT2D eigenvalue weighted by molar-refractivity contribution is 6.31. The summed E-state index contributed by atoms with van der Waals surface area (Å²) in [5, 5.41) is 0.366. The topological polar surface area (TPSA) is 33.3 Å². The van der Waals surface area contributed by atoms with Gasteiger partial charge < -0.3 is 10.2 Å². The molecule has 0 radical (unpaired) electrons. The first-order chi connectivity index (χ1) is 12.2. The Morgan fingerprint density at radius 2 is 1.76 bits per heavy atom. The monoisotopic (exact) mass is 356 g/mol. The van der Waals surface area contributed by atoms with Crippen LogP contribution < -0.4 is 15.6 Å². The van der Waals surface area contributed by atoms with Crippen molar-refractivity contribution in [2.24, 2.45) is 0 Å². The van der Waals surface area contributed by atoms with Crippen LogP contribution in [0.1, 0.15) is 11.1 Å². The summed E-state index contributed by atoms with van der Waals surface area (Å²) in [6.45, 7) is 0.932. The zero-order valence-corrected chi connectivity index (χ0v) is 14.3. The van der Waals surface area contributed by atoms with Crippen LogP contribution in [-0.2, 0) is 13.2 Å². The highest BCUT2D eigenvalue weighted by Crippen LogP contribution is 2.20. The molecule has 0 bridgehead atoms. The molecule has 2 N–H and O–H groups in total. The van der Waals surface area contributed by atoms with E-state index in [1.165, 1.54) is 12.1 Å². The Hall–Kier alpha value is -2.56. The lowest BCUT2D eigenvalue weighted by molar-refractivity contribution is 0.306. The van der Waals surface area contributed by atoms with Crippen molar-refractivity contribution in [1.29, 1.82) is 0 Å². The summed E-state index contributed by atoms with van der Waals surface area (Å²) >= 11 is 6.02. The van der Waals surface area contributed by atoms with Gasteiger partial charge in [0.1, 0.15) is 18.2 Å². The Labute approximate surface area is 151 Å². The van der Waals surface area contributed by atoms with E-state index in [4.69, 9.17) is 16.3 Å². The highest BCUT2D eigenvalue weighted by atomic mass is 35.5. The number of hydrogen-bond donors (Lipinski definition) is 2. The number of hydrazine groups is 1. The number of para-hydroxylation sites is 1. The van der Waals surface area contributed by atoms with Gasteiger partial charge in [0.15, 0.2) is 0 Å². The Bertz CT molecular complexity index is 827. The predicted octanol–water partition coefficient (Wildman–Crippen LogP) is 5.17. The Morgan fingerprint density at radius 3 is 2.56 bits per heavy atom. The molecule has 0 aliphatic heterocycles. The molecule has 0 unspecified atom stereocenters. The van der Waals surface area contributed by atoms with Crippen molar-refractivity contribution in [2.45, 2.75) is 13.2 Å². The zero-order valence-electron chi connectivity index (χ0n) is 13.5. The van der Waals surface area contributed by atoms with E-state index in [1.807, 2.05) is 54.6 Å². The van der Waals surface area contributed by atoms with Crippen LogP contribution in [0.5, 0.6) is 5.75 Å². The van der Waals surface area contributed by atoms with Gasteiger partial charge in [-0.1, -0.05) is 48.0 Å². The smallest absolute Gasteiger partial charge is 0.124 e. The predicted molar refractivity (Wildman–Crippen MR) is 99.1 cm³/mol. The van der Waals surface area contributed by atoms with Gasteiger partial charge in [-0.2, -0.15) is 0 Å². The van der Waals surface area contributed by atoms with Crippen molar-refractivity contribution >= 4 is 17.3 Å². The zero-order chi connectivity index (χ0) is 17.5. The molecule has 3 nitrogen and oxygen atoms in total. The molecule has 0 aromatic heterocycles. The van der Waals surface area contributed by atoms with Gasteiger partial charge in [-0.25, -0.2) is 9.82 Å². The number of halogens is 2. The van der Waals surface area contributed by atoms with Crippen LogP contribution in [0, 0.1) is 5.82 Å². The quantitative estimate of drug-likeness (QED) is 0.572. The second-order valence-corrected chi connectivity index (χ2v) is 5.92. The average Bonchev–Trinajstić information content (AvgIpc) is 2.62. The van der Waals surface area contributed by atoms with Crippen LogP contribution in [0.3, 0.4) is 0 Å². The van der Waals surface area contributed by atoms with Gasteiger partial charge in [0.25, 0.3) is 0 Å². The van der Waals surface area contributed by atoms with Gasteiger partial charge in [0, 0.05) is 17.8 Å². The van der Waals surface area contributed by atoms with E-state index < -0.39 is 0 Å². The second-order valence-electron chi connectivity index (χ2n) is 5.52. The van der Waals surface area contributed by atoms with Gasteiger partial charge >= 0.3 is 0 Å². The van der Waals surface area contributed by atoms with Gasteiger partial charge in [-0.15, -0.1) is 0 Å². The maximum atomic E-state index is 13.1. The second kappa shape index (κ2) is 8.51. The third kappa shape index (κ3) is 5.21. The molecule has 0 heterocycles. The molecule has 25 heavy (non-hydrogen) atoms. The summed E-state index contributed by atoms with van der Waals surface area (Å²) in [7, 11) is 0. The molecule has 3 rings (SSSR count). The minimum absolute atomic E-state index is 0.290. The molecule has 0 amide bonds. The third-order valence-electron chi connectivity index (χ3n) is 3.61. The van der Waals surface area contributed by atoms with Crippen molar-refractivity contribution < 1.29 is 9.13 Å². The van der Waals surface area contributed by atoms with Gasteiger partial charge in [-0.3, -0.25) is 0 Å². The summed E-state index contributed by atoms with van der Waals surface area (Å²) in [5.74, 6) is 0.382. The lowest BCUT2D eigenvalue weighted by atomic mass is 10.2. The van der Waals surface area contributed by atoms with Gasteiger partial charge in [-0.05, 0) is 42.0 Å². The molecule has 128 valence electrons. The number of rotatable bonds is 7. The first-order valence-electron chi connectivity index (χ1n) is 7.90. The molecule has 0 saturated heterocycles. The van der Waals surface area contributed by atoms with Crippen molar-refractivity contribution in [3.05, 3.63) is 94.8 Å². The van der Waals surface area contributed by atoms with Crippen molar-refractivity contribution in [3.63, 3.8) is 0 Å².